The maximum Gasteiger partial charge on any atom is 0.222 e. The van der Waals surface area contributed by atoms with Crippen LogP contribution >= 0.6 is 0 Å². The molecule has 1 aromatic carbocycles. The number of hydrogen-bond acceptors (Lipinski definition) is 4. The molecule has 0 radical (unpaired) electrons. The summed E-state index contributed by atoms with van der Waals surface area (Å²) in [5.74, 6) is -0.293. The minimum atomic E-state index is -0.562. The zero-order valence-corrected chi connectivity index (χ0v) is 13.6. The monoisotopic (exact) mass is 324 g/mol. The molecule has 23 heavy (non-hydrogen) atoms. The molecule has 1 atom stereocenters. The van der Waals surface area contributed by atoms with Gasteiger partial charge in [0.25, 0.3) is 0 Å². The molecule has 1 aliphatic heterocycles. The van der Waals surface area contributed by atoms with Crippen LogP contribution in [0, 0.1) is 5.82 Å². The molecule has 2 rings (SSSR count). The number of ether oxygens (including phenoxy) is 1. The van der Waals surface area contributed by atoms with Crippen molar-refractivity contribution in [2.45, 2.75) is 18.9 Å². The van der Waals surface area contributed by atoms with E-state index in [1.807, 2.05) is 0 Å². The summed E-state index contributed by atoms with van der Waals surface area (Å²) in [7, 11) is 1.70. The van der Waals surface area contributed by atoms with E-state index in [9.17, 15) is 14.3 Å². The van der Waals surface area contributed by atoms with Crippen LogP contribution in [0.2, 0.25) is 0 Å². The van der Waals surface area contributed by atoms with Crippen LogP contribution in [-0.4, -0.2) is 73.4 Å². The first-order chi connectivity index (χ1) is 11.0. The van der Waals surface area contributed by atoms with Gasteiger partial charge in [0.1, 0.15) is 5.82 Å². The molecule has 0 spiro atoms. The Kier molecular flexibility index (Phi) is 6.95. The molecule has 1 amide bonds. The third kappa shape index (κ3) is 6.25. The predicted octanol–water partition coefficient (Wildman–Crippen LogP) is 0.910. The van der Waals surface area contributed by atoms with Crippen molar-refractivity contribution in [3.05, 3.63) is 35.6 Å². The first-order valence-corrected chi connectivity index (χ1v) is 8.01. The van der Waals surface area contributed by atoms with Crippen LogP contribution in [0.3, 0.4) is 0 Å². The summed E-state index contributed by atoms with van der Waals surface area (Å²) in [6.07, 6.45) is 0.364. The lowest BCUT2D eigenvalue weighted by Gasteiger charge is -2.30. The van der Waals surface area contributed by atoms with Crippen LogP contribution in [0.1, 0.15) is 12.0 Å². The summed E-state index contributed by atoms with van der Waals surface area (Å²) in [6, 6.07) is 6.18. The van der Waals surface area contributed by atoms with Crippen molar-refractivity contribution in [2.75, 3.05) is 46.4 Å². The minimum Gasteiger partial charge on any atom is -0.390 e. The van der Waals surface area contributed by atoms with Crippen molar-refractivity contribution < 1.29 is 19.0 Å². The molecule has 0 saturated carbocycles. The lowest BCUT2D eigenvalue weighted by Crippen LogP contribution is -2.45. The molecule has 0 aliphatic carbocycles. The Labute approximate surface area is 136 Å². The van der Waals surface area contributed by atoms with E-state index in [0.717, 1.165) is 18.7 Å². The highest BCUT2D eigenvalue weighted by Crippen LogP contribution is 2.07. The molecule has 1 unspecified atom stereocenters. The lowest BCUT2D eigenvalue weighted by atomic mass is 10.1. The van der Waals surface area contributed by atoms with Gasteiger partial charge < -0.3 is 14.7 Å². The number of carbonyl (C=O) groups is 1. The fourth-order valence-electron chi connectivity index (χ4n) is 2.65. The molecule has 1 aromatic rings. The van der Waals surface area contributed by atoms with Crippen LogP contribution in [-0.2, 0) is 16.0 Å². The Morgan fingerprint density at radius 1 is 1.35 bits per heavy atom. The molecular weight excluding hydrogens is 299 g/mol. The topological polar surface area (TPSA) is 53.0 Å². The highest BCUT2D eigenvalue weighted by Gasteiger charge is 2.18. The summed E-state index contributed by atoms with van der Waals surface area (Å²) in [4.78, 5) is 15.8. The second-order valence-electron chi connectivity index (χ2n) is 5.97. The van der Waals surface area contributed by atoms with Gasteiger partial charge in [-0.3, -0.25) is 9.69 Å². The van der Waals surface area contributed by atoms with Crippen LogP contribution < -0.4 is 0 Å². The maximum atomic E-state index is 12.8. The Bertz CT molecular complexity index is 489. The van der Waals surface area contributed by atoms with Gasteiger partial charge in [-0.1, -0.05) is 12.1 Å². The van der Waals surface area contributed by atoms with Crippen LogP contribution in [0.25, 0.3) is 0 Å². The number of β-amino-alcohol motifs (C(OH)–C–C–N with tert-alkyl or cyclic N) is 1. The van der Waals surface area contributed by atoms with Gasteiger partial charge in [-0.05, 0) is 24.1 Å². The smallest absolute Gasteiger partial charge is 0.222 e. The van der Waals surface area contributed by atoms with E-state index in [4.69, 9.17) is 4.74 Å². The lowest BCUT2D eigenvalue weighted by molar-refractivity contribution is -0.131. The van der Waals surface area contributed by atoms with Crippen molar-refractivity contribution in [3.63, 3.8) is 0 Å². The van der Waals surface area contributed by atoms with E-state index in [2.05, 4.69) is 4.90 Å². The summed E-state index contributed by atoms with van der Waals surface area (Å²) in [5, 5.41) is 10.1. The van der Waals surface area contributed by atoms with Crippen molar-refractivity contribution in [2.24, 2.45) is 0 Å². The van der Waals surface area contributed by atoms with Crippen molar-refractivity contribution in [1.82, 2.24) is 9.80 Å². The third-order valence-corrected chi connectivity index (χ3v) is 4.02. The number of likely N-dealkylation sites (N-methyl/N-ethyl adjacent to an activating group) is 1. The van der Waals surface area contributed by atoms with Gasteiger partial charge in [-0.25, -0.2) is 4.39 Å². The summed E-state index contributed by atoms with van der Waals surface area (Å²) in [6.45, 7) is 3.90. The first-order valence-electron chi connectivity index (χ1n) is 8.01. The van der Waals surface area contributed by atoms with Gasteiger partial charge in [0.2, 0.25) is 5.91 Å². The number of morpholine rings is 1. The zero-order valence-electron chi connectivity index (χ0n) is 13.6. The second-order valence-corrected chi connectivity index (χ2v) is 5.97. The van der Waals surface area contributed by atoms with Crippen LogP contribution in [0.5, 0.6) is 0 Å². The Morgan fingerprint density at radius 3 is 2.65 bits per heavy atom. The van der Waals surface area contributed by atoms with Gasteiger partial charge in [0, 0.05) is 39.6 Å². The van der Waals surface area contributed by atoms with Crippen molar-refractivity contribution >= 4 is 5.91 Å². The van der Waals surface area contributed by atoms with Crippen molar-refractivity contribution in [1.29, 1.82) is 0 Å². The quantitative estimate of drug-likeness (QED) is 0.810. The number of amides is 1. The van der Waals surface area contributed by atoms with E-state index in [1.165, 1.54) is 12.1 Å². The maximum absolute atomic E-state index is 12.8. The minimum absolute atomic E-state index is 0.0182. The Balaban J connectivity index is 1.70. The molecular formula is C17H25FN2O3. The van der Waals surface area contributed by atoms with E-state index in [-0.39, 0.29) is 11.7 Å². The zero-order chi connectivity index (χ0) is 16.7. The highest BCUT2D eigenvalue weighted by atomic mass is 19.1. The van der Waals surface area contributed by atoms with E-state index in [1.54, 1.807) is 24.1 Å². The SMILES string of the molecule is CN(CC(O)CN1CCOCC1)C(=O)CCc1ccc(F)cc1. The fraction of sp³-hybridized carbons (Fsp3) is 0.588. The highest BCUT2D eigenvalue weighted by molar-refractivity contribution is 5.76. The molecule has 1 saturated heterocycles. The molecule has 6 heteroatoms. The standard InChI is InChI=1S/C17H25FN2O3/c1-19(12-16(21)13-20-8-10-23-11-9-20)17(22)7-4-14-2-5-15(18)6-3-14/h2-3,5-6,16,21H,4,7-13H2,1H3. The average molecular weight is 324 g/mol. The third-order valence-electron chi connectivity index (χ3n) is 4.02. The number of carbonyl (C=O) groups excluding carboxylic acids is 1. The number of rotatable bonds is 7. The van der Waals surface area contributed by atoms with Crippen LogP contribution in [0.4, 0.5) is 4.39 Å². The summed E-state index contributed by atoms with van der Waals surface area (Å²) in [5.41, 5.74) is 0.932. The molecule has 0 aromatic heterocycles. The van der Waals surface area contributed by atoms with Crippen LogP contribution in [0.15, 0.2) is 24.3 Å². The summed E-state index contributed by atoms with van der Waals surface area (Å²) < 4.78 is 18.1. The van der Waals surface area contributed by atoms with E-state index >= 15 is 0 Å². The first kappa shape index (κ1) is 17.8. The van der Waals surface area contributed by atoms with Crippen molar-refractivity contribution in [3.8, 4) is 0 Å². The summed E-state index contributed by atoms with van der Waals surface area (Å²) >= 11 is 0. The van der Waals surface area contributed by atoms with E-state index < -0.39 is 6.10 Å². The fourth-order valence-corrected chi connectivity index (χ4v) is 2.65. The number of aliphatic hydroxyl groups is 1. The molecule has 1 N–H and O–H groups in total. The molecule has 5 nitrogen and oxygen atoms in total. The number of aliphatic hydroxyl groups excluding tert-OH is 1. The van der Waals surface area contributed by atoms with E-state index in [0.29, 0.717) is 39.1 Å². The molecule has 0 bridgehead atoms. The number of benzene rings is 1. The number of hydrogen-bond donors (Lipinski definition) is 1. The second kappa shape index (κ2) is 8.96. The average Bonchev–Trinajstić information content (AvgIpc) is 2.54. The Morgan fingerprint density at radius 2 is 2.00 bits per heavy atom. The number of nitrogens with zero attached hydrogens (tertiary/aromatic N) is 2. The predicted molar refractivity (Wildman–Crippen MR) is 85.6 cm³/mol. The normalized spacial score (nSPS) is 17.0. The Hall–Kier alpha value is -1.50. The van der Waals surface area contributed by atoms with Gasteiger partial charge in [-0.2, -0.15) is 0 Å². The number of aryl methyl sites for hydroxylation is 1. The van der Waals surface area contributed by atoms with Gasteiger partial charge >= 0.3 is 0 Å². The molecule has 1 heterocycles. The number of halogens is 1. The largest absolute Gasteiger partial charge is 0.390 e. The van der Waals surface area contributed by atoms with Gasteiger partial charge in [0.15, 0.2) is 0 Å². The molecule has 1 aliphatic rings. The van der Waals surface area contributed by atoms with Gasteiger partial charge in [-0.15, -0.1) is 0 Å². The van der Waals surface area contributed by atoms with Gasteiger partial charge in [0.05, 0.1) is 19.3 Å². The molecule has 1 fully saturated rings. The molecule has 128 valence electrons.